The second kappa shape index (κ2) is 6.63. The number of nitrogens with one attached hydrogen (secondary N) is 1. The van der Waals surface area contributed by atoms with E-state index in [2.05, 4.69) is 44.5 Å². The summed E-state index contributed by atoms with van der Waals surface area (Å²) in [6.45, 7) is 3.07. The van der Waals surface area contributed by atoms with Crippen LogP contribution in [0.4, 0.5) is 10.2 Å². The van der Waals surface area contributed by atoms with E-state index in [1.54, 1.807) is 6.20 Å². The molecule has 1 aliphatic rings. The summed E-state index contributed by atoms with van der Waals surface area (Å²) in [4.78, 5) is 10.1. The summed E-state index contributed by atoms with van der Waals surface area (Å²) in [6, 6.07) is 10.9. The van der Waals surface area contributed by atoms with Gasteiger partial charge in [0.2, 0.25) is 5.95 Å². The maximum atomic E-state index is 13.0. The van der Waals surface area contributed by atoms with Crippen LogP contribution in [0.3, 0.4) is 0 Å². The van der Waals surface area contributed by atoms with E-state index in [-0.39, 0.29) is 0 Å². The minimum Gasteiger partial charge on any atom is -0.366 e. The van der Waals surface area contributed by atoms with Crippen molar-refractivity contribution in [2.24, 2.45) is 0 Å². The summed E-state index contributed by atoms with van der Waals surface area (Å²) in [7, 11) is 0. The molecule has 1 aromatic heterocycles. The first-order valence-electron chi connectivity index (χ1n) is 7.30. The second-order valence-corrected chi connectivity index (χ2v) is 5.41. The highest BCUT2D eigenvalue weighted by Crippen LogP contribution is 2.16. The molecule has 2 aromatic rings. The lowest BCUT2D eigenvalue weighted by Crippen LogP contribution is -2.38. The Balaban J connectivity index is 1.49. The molecule has 3 rings (SSSR count). The van der Waals surface area contributed by atoms with E-state index in [9.17, 15) is 4.39 Å². The number of nitrogens with zero attached hydrogens (tertiary/aromatic N) is 3. The minimum absolute atomic E-state index is 0.341. The molecule has 0 bridgehead atoms. The number of rotatable bonds is 4. The van der Waals surface area contributed by atoms with Gasteiger partial charge in [0.15, 0.2) is 0 Å². The summed E-state index contributed by atoms with van der Waals surface area (Å²) in [5.74, 6) is -0.0157. The van der Waals surface area contributed by atoms with Crippen molar-refractivity contribution in [2.75, 3.05) is 18.4 Å². The van der Waals surface area contributed by atoms with Gasteiger partial charge in [0, 0.05) is 25.7 Å². The van der Waals surface area contributed by atoms with Crippen molar-refractivity contribution >= 4 is 5.82 Å². The molecule has 2 heterocycles. The number of piperidine rings is 1. The fraction of sp³-hybridized carbons (Fsp3) is 0.375. The van der Waals surface area contributed by atoms with Crippen LogP contribution in [0.2, 0.25) is 0 Å². The fourth-order valence-electron chi connectivity index (χ4n) is 2.70. The van der Waals surface area contributed by atoms with Gasteiger partial charge in [-0.3, -0.25) is 9.88 Å². The zero-order valence-electron chi connectivity index (χ0n) is 11.9. The Kier molecular flexibility index (Phi) is 4.40. The van der Waals surface area contributed by atoms with Crippen LogP contribution in [0.5, 0.6) is 0 Å². The topological polar surface area (TPSA) is 41.1 Å². The molecule has 0 aliphatic carbocycles. The first kappa shape index (κ1) is 13.9. The molecule has 1 aromatic carbocycles. The Morgan fingerprint density at radius 2 is 1.90 bits per heavy atom. The lowest BCUT2D eigenvalue weighted by atomic mass is 10.0. The van der Waals surface area contributed by atoms with Crippen LogP contribution in [-0.4, -0.2) is 34.0 Å². The SMILES string of the molecule is Fc1cncc(NC2CCN(Cc3ccccc3)CC2)n1. The first-order valence-corrected chi connectivity index (χ1v) is 7.30. The van der Waals surface area contributed by atoms with Crippen LogP contribution < -0.4 is 5.32 Å². The molecule has 1 N–H and O–H groups in total. The van der Waals surface area contributed by atoms with Gasteiger partial charge < -0.3 is 5.32 Å². The fourth-order valence-corrected chi connectivity index (χ4v) is 2.70. The van der Waals surface area contributed by atoms with Gasteiger partial charge in [0.25, 0.3) is 0 Å². The Labute approximate surface area is 124 Å². The maximum Gasteiger partial charge on any atom is 0.233 e. The zero-order valence-corrected chi connectivity index (χ0v) is 11.9. The van der Waals surface area contributed by atoms with Crippen molar-refractivity contribution in [3.8, 4) is 0 Å². The van der Waals surface area contributed by atoms with Crippen LogP contribution >= 0.6 is 0 Å². The quantitative estimate of drug-likeness (QED) is 0.938. The molecule has 1 saturated heterocycles. The Morgan fingerprint density at radius 1 is 1.14 bits per heavy atom. The highest BCUT2D eigenvalue weighted by atomic mass is 19.1. The van der Waals surface area contributed by atoms with Crippen molar-refractivity contribution in [1.29, 1.82) is 0 Å². The Bertz CT molecular complexity index is 567. The smallest absolute Gasteiger partial charge is 0.233 e. The van der Waals surface area contributed by atoms with E-state index in [0.29, 0.717) is 11.9 Å². The number of hydrogen-bond acceptors (Lipinski definition) is 4. The van der Waals surface area contributed by atoms with Crippen molar-refractivity contribution in [3.05, 3.63) is 54.2 Å². The molecular formula is C16H19FN4. The van der Waals surface area contributed by atoms with Gasteiger partial charge in [-0.25, -0.2) is 0 Å². The molecule has 0 radical (unpaired) electrons. The monoisotopic (exact) mass is 286 g/mol. The van der Waals surface area contributed by atoms with E-state index in [1.165, 1.54) is 5.56 Å². The summed E-state index contributed by atoms with van der Waals surface area (Å²) in [5.41, 5.74) is 1.35. The average Bonchev–Trinajstić information content (AvgIpc) is 2.50. The molecule has 0 spiro atoms. The molecule has 1 aliphatic heterocycles. The summed E-state index contributed by atoms with van der Waals surface area (Å²) in [5, 5.41) is 3.27. The number of halogens is 1. The predicted molar refractivity (Wildman–Crippen MR) is 80.4 cm³/mol. The largest absolute Gasteiger partial charge is 0.366 e. The van der Waals surface area contributed by atoms with E-state index in [4.69, 9.17) is 0 Å². The van der Waals surface area contributed by atoms with Gasteiger partial charge in [-0.1, -0.05) is 30.3 Å². The van der Waals surface area contributed by atoms with Crippen LogP contribution in [0.1, 0.15) is 18.4 Å². The highest BCUT2D eigenvalue weighted by molar-refractivity contribution is 5.31. The van der Waals surface area contributed by atoms with Gasteiger partial charge >= 0.3 is 0 Å². The van der Waals surface area contributed by atoms with Gasteiger partial charge in [0.05, 0.1) is 12.4 Å². The molecule has 0 saturated carbocycles. The molecule has 5 heteroatoms. The average molecular weight is 286 g/mol. The van der Waals surface area contributed by atoms with Crippen molar-refractivity contribution in [1.82, 2.24) is 14.9 Å². The third-order valence-electron chi connectivity index (χ3n) is 3.79. The molecule has 1 fully saturated rings. The standard InChI is InChI=1S/C16H19FN4/c17-15-10-18-11-16(20-15)19-14-6-8-21(9-7-14)12-13-4-2-1-3-5-13/h1-5,10-11,14H,6-9,12H2,(H,19,20). The van der Waals surface area contributed by atoms with E-state index in [1.807, 2.05) is 6.07 Å². The van der Waals surface area contributed by atoms with Crippen LogP contribution in [-0.2, 0) is 6.54 Å². The normalized spacial score (nSPS) is 16.8. The van der Waals surface area contributed by atoms with E-state index < -0.39 is 5.95 Å². The van der Waals surface area contributed by atoms with Gasteiger partial charge in [0.1, 0.15) is 5.82 Å². The number of aromatic nitrogens is 2. The molecule has 0 amide bonds. The van der Waals surface area contributed by atoms with Gasteiger partial charge in [-0.15, -0.1) is 0 Å². The third-order valence-corrected chi connectivity index (χ3v) is 3.79. The maximum absolute atomic E-state index is 13.0. The Morgan fingerprint density at radius 3 is 2.62 bits per heavy atom. The highest BCUT2D eigenvalue weighted by Gasteiger charge is 2.19. The third kappa shape index (κ3) is 3.98. The number of anilines is 1. The van der Waals surface area contributed by atoms with Crippen molar-refractivity contribution in [2.45, 2.75) is 25.4 Å². The van der Waals surface area contributed by atoms with Crippen LogP contribution in [0.25, 0.3) is 0 Å². The van der Waals surface area contributed by atoms with E-state index in [0.717, 1.165) is 38.7 Å². The lowest BCUT2D eigenvalue weighted by Gasteiger charge is -2.32. The van der Waals surface area contributed by atoms with Gasteiger partial charge in [-0.2, -0.15) is 9.37 Å². The predicted octanol–water partition coefficient (Wildman–Crippen LogP) is 2.69. The second-order valence-electron chi connectivity index (χ2n) is 5.41. The molecular weight excluding hydrogens is 267 g/mol. The van der Waals surface area contributed by atoms with Crippen LogP contribution in [0, 0.1) is 5.95 Å². The summed E-state index contributed by atoms with van der Waals surface area (Å²) < 4.78 is 13.0. The minimum atomic E-state index is -0.540. The molecule has 21 heavy (non-hydrogen) atoms. The zero-order chi connectivity index (χ0) is 14.5. The van der Waals surface area contributed by atoms with Crippen LogP contribution in [0.15, 0.2) is 42.7 Å². The number of likely N-dealkylation sites (tertiary alicyclic amines) is 1. The molecule has 4 nitrogen and oxygen atoms in total. The van der Waals surface area contributed by atoms with Gasteiger partial charge in [-0.05, 0) is 18.4 Å². The molecule has 0 atom stereocenters. The summed E-state index contributed by atoms with van der Waals surface area (Å²) in [6.07, 6.45) is 4.75. The first-order chi connectivity index (χ1) is 10.3. The molecule has 0 unspecified atom stereocenters. The summed E-state index contributed by atoms with van der Waals surface area (Å²) >= 11 is 0. The lowest BCUT2D eigenvalue weighted by molar-refractivity contribution is 0.211. The molecule has 110 valence electrons. The van der Waals surface area contributed by atoms with E-state index >= 15 is 0 Å². The van der Waals surface area contributed by atoms with Crippen molar-refractivity contribution in [3.63, 3.8) is 0 Å². The Hall–Kier alpha value is -2.01. The number of benzene rings is 1. The van der Waals surface area contributed by atoms with Crippen molar-refractivity contribution < 1.29 is 4.39 Å². The number of hydrogen-bond donors (Lipinski definition) is 1.